The van der Waals surface area contributed by atoms with Gasteiger partial charge in [0.15, 0.2) is 11.0 Å². The van der Waals surface area contributed by atoms with Gasteiger partial charge in [-0.2, -0.15) is 10.2 Å². The summed E-state index contributed by atoms with van der Waals surface area (Å²) in [4.78, 5) is 21.0. The van der Waals surface area contributed by atoms with E-state index in [2.05, 4.69) is 59.1 Å². The van der Waals surface area contributed by atoms with Crippen LogP contribution < -0.4 is 5.73 Å². The van der Waals surface area contributed by atoms with Gasteiger partial charge >= 0.3 is 0 Å². The molecular weight excluding hydrogens is 410 g/mol. The standard InChI is InChI=1S/C22H25N7OS/c1-22(2,3)21-28-29(20(31-21)18(23)30)16-6-4-5-12-9-13(7-8-14(12)16)17-15-10-26-27-19(15)25-11-24-17/h7-11,16,20H,4-6H2,1-3H3,(H2,23,30)(H,24,25,26,27). The third kappa shape index (κ3) is 3.46. The smallest absolute Gasteiger partial charge is 0.252 e. The summed E-state index contributed by atoms with van der Waals surface area (Å²) in [5.41, 5.74) is 10.7. The molecule has 0 saturated heterocycles. The summed E-state index contributed by atoms with van der Waals surface area (Å²) in [6, 6.07) is 6.47. The van der Waals surface area contributed by atoms with Crippen LogP contribution >= 0.6 is 11.8 Å². The van der Waals surface area contributed by atoms with Crippen LogP contribution in [0.4, 0.5) is 0 Å². The summed E-state index contributed by atoms with van der Waals surface area (Å²) in [6.07, 6.45) is 6.27. The molecule has 0 bridgehead atoms. The van der Waals surface area contributed by atoms with Gasteiger partial charge in [0.2, 0.25) is 0 Å². The zero-order valence-electron chi connectivity index (χ0n) is 17.8. The first-order valence-corrected chi connectivity index (χ1v) is 11.3. The molecule has 2 aliphatic rings. The first-order chi connectivity index (χ1) is 14.8. The molecule has 5 rings (SSSR count). The number of hydrazone groups is 1. The van der Waals surface area contributed by atoms with Gasteiger partial charge in [0, 0.05) is 11.0 Å². The quantitative estimate of drug-likeness (QED) is 0.650. The minimum Gasteiger partial charge on any atom is -0.367 e. The van der Waals surface area contributed by atoms with Crippen molar-refractivity contribution in [3.63, 3.8) is 0 Å². The van der Waals surface area contributed by atoms with Crippen molar-refractivity contribution in [2.24, 2.45) is 16.3 Å². The van der Waals surface area contributed by atoms with E-state index in [0.717, 1.165) is 46.6 Å². The fourth-order valence-corrected chi connectivity index (χ4v) is 5.42. The van der Waals surface area contributed by atoms with E-state index in [1.807, 2.05) is 5.01 Å². The minimum atomic E-state index is -0.475. The van der Waals surface area contributed by atoms with Crippen molar-refractivity contribution in [1.29, 1.82) is 0 Å². The molecule has 1 aliphatic heterocycles. The molecule has 2 aromatic heterocycles. The summed E-state index contributed by atoms with van der Waals surface area (Å²) >= 11 is 1.48. The van der Waals surface area contributed by atoms with E-state index in [4.69, 9.17) is 10.8 Å². The lowest BCUT2D eigenvalue weighted by Crippen LogP contribution is -2.40. The number of nitrogens with two attached hydrogens (primary N) is 1. The Labute approximate surface area is 184 Å². The predicted octanol–water partition coefficient (Wildman–Crippen LogP) is 3.62. The third-order valence-electron chi connectivity index (χ3n) is 5.82. The summed E-state index contributed by atoms with van der Waals surface area (Å²) in [5, 5.41) is 15.2. The molecular formula is C22H25N7OS. The minimum absolute atomic E-state index is 0.0296. The number of fused-ring (bicyclic) bond motifs is 2. The molecule has 3 aromatic rings. The topological polar surface area (TPSA) is 113 Å². The average molecular weight is 436 g/mol. The molecule has 3 heterocycles. The van der Waals surface area contributed by atoms with Crippen molar-refractivity contribution in [2.45, 2.75) is 51.4 Å². The molecule has 160 valence electrons. The van der Waals surface area contributed by atoms with Crippen molar-refractivity contribution in [3.05, 3.63) is 41.9 Å². The molecule has 0 spiro atoms. The van der Waals surface area contributed by atoms with E-state index < -0.39 is 5.37 Å². The first kappa shape index (κ1) is 20.0. The molecule has 9 heteroatoms. The Kier molecular flexibility index (Phi) is 4.73. The molecule has 3 N–H and O–H groups in total. The number of H-pyrrole nitrogens is 1. The number of carbonyl (C=O) groups excluding carboxylic acids is 1. The second kappa shape index (κ2) is 7.33. The molecule has 1 aliphatic carbocycles. The monoisotopic (exact) mass is 435 g/mol. The van der Waals surface area contributed by atoms with Crippen molar-refractivity contribution in [2.75, 3.05) is 0 Å². The molecule has 31 heavy (non-hydrogen) atoms. The molecule has 1 amide bonds. The number of nitrogens with one attached hydrogen (secondary N) is 1. The van der Waals surface area contributed by atoms with Gasteiger partial charge in [0.25, 0.3) is 5.91 Å². The van der Waals surface area contributed by atoms with Crippen LogP contribution in [0.2, 0.25) is 0 Å². The number of thioether (sulfide) groups is 1. The largest absolute Gasteiger partial charge is 0.367 e. The van der Waals surface area contributed by atoms with E-state index in [1.165, 1.54) is 22.9 Å². The van der Waals surface area contributed by atoms with Gasteiger partial charge in [-0.15, -0.1) is 0 Å². The number of aryl methyl sites for hydroxylation is 1. The molecule has 0 saturated carbocycles. The number of primary amides is 1. The fourth-order valence-electron chi connectivity index (χ4n) is 4.29. The molecule has 8 nitrogen and oxygen atoms in total. The van der Waals surface area contributed by atoms with Crippen molar-refractivity contribution >= 4 is 33.7 Å². The van der Waals surface area contributed by atoms with Crippen molar-refractivity contribution in [1.82, 2.24) is 25.2 Å². The van der Waals surface area contributed by atoms with Gasteiger partial charge in [-0.3, -0.25) is 14.9 Å². The van der Waals surface area contributed by atoms with Crippen LogP contribution in [0.1, 0.15) is 50.8 Å². The highest BCUT2D eigenvalue weighted by atomic mass is 32.2. The van der Waals surface area contributed by atoms with Crippen LogP contribution in [0.5, 0.6) is 0 Å². The number of aromatic nitrogens is 4. The van der Waals surface area contributed by atoms with E-state index in [1.54, 1.807) is 12.5 Å². The third-order valence-corrected chi connectivity index (χ3v) is 7.41. The summed E-state index contributed by atoms with van der Waals surface area (Å²) < 4.78 is 0. The Hall–Kier alpha value is -2.94. The van der Waals surface area contributed by atoms with Gasteiger partial charge in [0.05, 0.1) is 23.3 Å². The van der Waals surface area contributed by atoms with Gasteiger partial charge in [-0.1, -0.05) is 44.7 Å². The van der Waals surface area contributed by atoms with E-state index >= 15 is 0 Å². The number of hydrogen-bond acceptors (Lipinski definition) is 7. The number of hydrogen-bond donors (Lipinski definition) is 2. The zero-order chi connectivity index (χ0) is 21.8. The molecule has 0 fully saturated rings. The summed E-state index contributed by atoms with van der Waals surface area (Å²) in [6.45, 7) is 6.33. The van der Waals surface area contributed by atoms with Gasteiger partial charge in [-0.05, 0) is 36.5 Å². The normalized spacial score (nSPS) is 21.3. The average Bonchev–Trinajstić information content (AvgIpc) is 3.39. The number of nitrogens with zero attached hydrogens (tertiary/aromatic N) is 5. The Bertz CT molecular complexity index is 1200. The number of benzene rings is 1. The van der Waals surface area contributed by atoms with Gasteiger partial charge in [0.1, 0.15) is 11.4 Å². The van der Waals surface area contributed by atoms with Crippen molar-refractivity contribution < 1.29 is 4.79 Å². The van der Waals surface area contributed by atoms with Crippen LogP contribution in [-0.4, -0.2) is 41.5 Å². The Morgan fingerprint density at radius 1 is 1.29 bits per heavy atom. The highest BCUT2D eigenvalue weighted by Gasteiger charge is 2.41. The highest BCUT2D eigenvalue weighted by molar-refractivity contribution is 8.15. The summed E-state index contributed by atoms with van der Waals surface area (Å²) in [5.74, 6) is -0.347. The van der Waals surface area contributed by atoms with E-state index in [-0.39, 0.29) is 17.4 Å². The highest BCUT2D eigenvalue weighted by Crippen LogP contribution is 2.44. The maximum absolute atomic E-state index is 12.2. The molecule has 2 atom stereocenters. The fraction of sp³-hybridized carbons (Fsp3) is 0.409. The van der Waals surface area contributed by atoms with Crippen molar-refractivity contribution in [3.8, 4) is 11.3 Å². The summed E-state index contributed by atoms with van der Waals surface area (Å²) in [7, 11) is 0. The number of rotatable bonds is 3. The van der Waals surface area contributed by atoms with Gasteiger partial charge < -0.3 is 5.73 Å². The van der Waals surface area contributed by atoms with Gasteiger partial charge in [-0.25, -0.2) is 9.97 Å². The Morgan fingerprint density at radius 2 is 2.13 bits per heavy atom. The van der Waals surface area contributed by atoms with Crippen LogP contribution in [0.15, 0.2) is 35.8 Å². The lowest BCUT2D eigenvalue weighted by atomic mass is 9.85. The molecule has 1 aromatic carbocycles. The maximum Gasteiger partial charge on any atom is 0.252 e. The van der Waals surface area contributed by atoms with Crippen LogP contribution in [0.25, 0.3) is 22.3 Å². The molecule has 2 unspecified atom stereocenters. The first-order valence-electron chi connectivity index (χ1n) is 10.4. The second-order valence-electron chi connectivity index (χ2n) is 9.08. The maximum atomic E-state index is 12.2. The lowest BCUT2D eigenvalue weighted by Gasteiger charge is -2.34. The Morgan fingerprint density at radius 3 is 2.90 bits per heavy atom. The molecule has 0 radical (unpaired) electrons. The number of carbonyl (C=O) groups is 1. The van der Waals surface area contributed by atoms with Crippen LogP contribution in [-0.2, 0) is 11.2 Å². The van der Waals surface area contributed by atoms with Crippen LogP contribution in [0, 0.1) is 5.41 Å². The van der Waals surface area contributed by atoms with E-state index in [0.29, 0.717) is 0 Å². The van der Waals surface area contributed by atoms with E-state index in [9.17, 15) is 4.79 Å². The predicted molar refractivity (Wildman–Crippen MR) is 122 cm³/mol. The zero-order valence-corrected chi connectivity index (χ0v) is 18.6. The SMILES string of the molecule is CC(C)(C)C1=NN(C2CCCc3cc(-c4ncnc5[nH]ncc45)ccc32)C(C(N)=O)S1. The number of amides is 1. The lowest BCUT2D eigenvalue weighted by molar-refractivity contribution is -0.121. The Balaban J connectivity index is 1.54. The number of aromatic amines is 1. The van der Waals surface area contributed by atoms with Crippen LogP contribution in [0.3, 0.4) is 0 Å². The second-order valence-corrected chi connectivity index (χ2v) is 10.2.